The third kappa shape index (κ3) is 3.68. The molecule has 1 unspecified atom stereocenters. The van der Waals surface area contributed by atoms with E-state index in [0.717, 1.165) is 34.9 Å². The fraction of sp³-hybridized carbons (Fsp3) is 0.375. The van der Waals surface area contributed by atoms with Gasteiger partial charge in [0, 0.05) is 23.2 Å². The number of furan rings is 1. The summed E-state index contributed by atoms with van der Waals surface area (Å²) < 4.78 is 12.8. The van der Waals surface area contributed by atoms with Crippen LogP contribution in [0, 0.1) is 0 Å². The fourth-order valence-electron chi connectivity index (χ4n) is 4.38. The van der Waals surface area contributed by atoms with E-state index in [1.165, 1.54) is 16.9 Å². The van der Waals surface area contributed by atoms with E-state index in [4.69, 9.17) is 9.15 Å². The maximum absolute atomic E-state index is 13.0. The van der Waals surface area contributed by atoms with Crippen molar-refractivity contribution >= 4 is 38.4 Å². The van der Waals surface area contributed by atoms with E-state index in [1.807, 2.05) is 31.2 Å². The molecule has 0 saturated heterocycles. The first kappa shape index (κ1) is 20.8. The van der Waals surface area contributed by atoms with E-state index in [2.05, 4.69) is 10.3 Å². The van der Waals surface area contributed by atoms with Gasteiger partial charge in [-0.25, -0.2) is 4.98 Å². The molecule has 0 aliphatic heterocycles. The van der Waals surface area contributed by atoms with Gasteiger partial charge in [0.25, 0.3) is 5.56 Å². The number of fused-ring (bicyclic) bond motifs is 4. The molecule has 7 nitrogen and oxygen atoms in total. The van der Waals surface area contributed by atoms with E-state index < -0.39 is 0 Å². The molecule has 1 aliphatic rings. The monoisotopic (exact) mass is 451 g/mol. The lowest BCUT2D eigenvalue weighted by atomic mass is 9.97. The van der Waals surface area contributed by atoms with E-state index in [1.54, 1.807) is 29.3 Å². The number of methoxy groups -OCH3 is 1. The number of ether oxygens (including phenoxy) is 1. The molecular weight excluding hydrogens is 426 g/mol. The Kier molecular flexibility index (Phi) is 5.46. The van der Waals surface area contributed by atoms with Gasteiger partial charge < -0.3 is 14.5 Å². The molecule has 1 atom stereocenters. The highest BCUT2D eigenvalue weighted by atomic mass is 32.1. The van der Waals surface area contributed by atoms with E-state index in [0.29, 0.717) is 23.6 Å². The lowest BCUT2D eigenvalue weighted by Gasteiger charge is -2.12. The minimum atomic E-state index is -0.305. The van der Waals surface area contributed by atoms with Crippen molar-refractivity contribution in [3.05, 3.63) is 57.1 Å². The van der Waals surface area contributed by atoms with Crippen LogP contribution in [0.5, 0.6) is 5.75 Å². The smallest absolute Gasteiger partial charge is 0.262 e. The number of thiophene rings is 1. The zero-order valence-electron chi connectivity index (χ0n) is 18.1. The number of carbonyl (C=O) groups excluding carboxylic acids is 1. The number of carbonyl (C=O) groups is 1. The van der Waals surface area contributed by atoms with Crippen molar-refractivity contribution in [3.8, 4) is 5.75 Å². The number of para-hydroxylation sites is 1. The third-order valence-corrected chi connectivity index (χ3v) is 7.27. The second-order valence-electron chi connectivity index (χ2n) is 8.20. The summed E-state index contributed by atoms with van der Waals surface area (Å²) in [4.78, 5) is 32.2. The standard InChI is InChI=1S/C24H25N3O4S/c1-14(18-12-15-6-5-8-17(30-2)22(15)31-18)26-20(28)10-11-27-13-25-23-21(24(27)29)16-7-3-4-9-19(16)32-23/h5-6,8,12-14H,3-4,7,9-11H2,1-2H3,(H,26,28). The molecule has 1 amide bonds. The van der Waals surface area contributed by atoms with Crippen LogP contribution in [0.3, 0.4) is 0 Å². The van der Waals surface area contributed by atoms with E-state index >= 15 is 0 Å². The lowest BCUT2D eigenvalue weighted by Crippen LogP contribution is -2.29. The van der Waals surface area contributed by atoms with Crippen molar-refractivity contribution in [2.24, 2.45) is 0 Å². The Balaban J connectivity index is 1.28. The summed E-state index contributed by atoms with van der Waals surface area (Å²) in [5.74, 6) is 1.16. The molecule has 8 heteroatoms. The number of amides is 1. The van der Waals surface area contributed by atoms with Crippen LogP contribution < -0.4 is 15.6 Å². The topological polar surface area (TPSA) is 86.4 Å². The van der Waals surface area contributed by atoms with Crippen molar-refractivity contribution in [1.82, 2.24) is 14.9 Å². The van der Waals surface area contributed by atoms with Gasteiger partial charge in [0.2, 0.25) is 5.91 Å². The third-order valence-electron chi connectivity index (χ3n) is 6.07. The highest BCUT2D eigenvalue weighted by Gasteiger charge is 2.20. The molecule has 4 aromatic rings. The summed E-state index contributed by atoms with van der Waals surface area (Å²) in [7, 11) is 1.60. The molecule has 1 aromatic carbocycles. The van der Waals surface area contributed by atoms with Crippen LogP contribution in [-0.4, -0.2) is 22.6 Å². The zero-order valence-corrected chi connectivity index (χ0v) is 19.0. The highest BCUT2D eigenvalue weighted by Crippen LogP contribution is 2.33. The summed E-state index contributed by atoms with van der Waals surface area (Å²) in [5, 5.41) is 4.63. The number of rotatable bonds is 6. The fourth-order valence-corrected chi connectivity index (χ4v) is 5.60. The Morgan fingerprint density at radius 1 is 1.34 bits per heavy atom. The van der Waals surface area contributed by atoms with Crippen LogP contribution in [0.15, 0.2) is 39.8 Å². The average molecular weight is 452 g/mol. The van der Waals surface area contributed by atoms with Gasteiger partial charge in [0.05, 0.1) is 24.9 Å². The minimum absolute atomic E-state index is 0.0420. The molecule has 3 aromatic heterocycles. The number of hydrogen-bond acceptors (Lipinski definition) is 6. The molecule has 5 rings (SSSR count). The predicted molar refractivity (Wildman–Crippen MR) is 124 cm³/mol. The number of nitrogens with one attached hydrogen (secondary N) is 1. The summed E-state index contributed by atoms with van der Waals surface area (Å²) in [6.07, 6.45) is 6.01. The number of hydrogen-bond donors (Lipinski definition) is 1. The van der Waals surface area contributed by atoms with Gasteiger partial charge >= 0.3 is 0 Å². The second kappa shape index (κ2) is 8.43. The van der Waals surface area contributed by atoms with Gasteiger partial charge in [-0.2, -0.15) is 0 Å². The van der Waals surface area contributed by atoms with Gasteiger partial charge in [-0.3, -0.25) is 14.2 Å². The normalized spacial score (nSPS) is 14.4. The zero-order chi connectivity index (χ0) is 22.2. The van der Waals surface area contributed by atoms with Crippen LogP contribution in [-0.2, 0) is 24.2 Å². The first-order valence-corrected chi connectivity index (χ1v) is 11.7. The van der Waals surface area contributed by atoms with Crippen molar-refractivity contribution < 1.29 is 13.9 Å². The first-order chi connectivity index (χ1) is 15.5. The molecule has 1 N–H and O–H groups in total. The Morgan fingerprint density at radius 3 is 3.03 bits per heavy atom. The maximum atomic E-state index is 13.0. The number of aryl methyl sites for hydroxylation is 3. The molecule has 0 spiro atoms. The highest BCUT2D eigenvalue weighted by molar-refractivity contribution is 7.18. The number of benzene rings is 1. The molecule has 0 bridgehead atoms. The molecule has 3 heterocycles. The summed E-state index contributed by atoms with van der Waals surface area (Å²) in [6, 6.07) is 7.28. The van der Waals surface area contributed by atoms with Crippen molar-refractivity contribution in [3.63, 3.8) is 0 Å². The van der Waals surface area contributed by atoms with Gasteiger partial charge in [-0.1, -0.05) is 12.1 Å². The number of aromatic nitrogens is 2. The Bertz CT molecular complexity index is 1370. The lowest BCUT2D eigenvalue weighted by molar-refractivity contribution is -0.122. The number of nitrogens with zero attached hydrogens (tertiary/aromatic N) is 2. The second-order valence-corrected chi connectivity index (χ2v) is 9.28. The summed E-state index contributed by atoms with van der Waals surface area (Å²) in [5.41, 5.74) is 1.79. The van der Waals surface area contributed by atoms with Crippen LogP contribution in [0.1, 0.15) is 48.4 Å². The average Bonchev–Trinajstić information content (AvgIpc) is 3.40. The van der Waals surface area contributed by atoms with Gasteiger partial charge in [-0.15, -0.1) is 11.3 Å². The van der Waals surface area contributed by atoms with Gasteiger partial charge in [0.1, 0.15) is 10.6 Å². The summed E-state index contributed by atoms with van der Waals surface area (Å²) in [6.45, 7) is 2.17. The Morgan fingerprint density at radius 2 is 2.19 bits per heavy atom. The molecular formula is C24H25N3O4S. The van der Waals surface area contributed by atoms with Crippen LogP contribution in [0.25, 0.3) is 21.2 Å². The first-order valence-electron chi connectivity index (χ1n) is 10.9. The largest absolute Gasteiger partial charge is 0.493 e. The quantitative estimate of drug-likeness (QED) is 0.471. The van der Waals surface area contributed by atoms with Gasteiger partial charge in [-0.05, 0) is 50.3 Å². The SMILES string of the molecule is COc1cccc2cc(C(C)NC(=O)CCn3cnc4sc5c(c4c3=O)CCCC5)oc12. The molecule has 166 valence electrons. The molecule has 0 radical (unpaired) electrons. The van der Waals surface area contributed by atoms with Gasteiger partial charge in [0.15, 0.2) is 11.3 Å². The van der Waals surface area contributed by atoms with Crippen molar-refractivity contribution in [2.75, 3.05) is 7.11 Å². The van der Waals surface area contributed by atoms with Crippen molar-refractivity contribution in [1.29, 1.82) is 0 Å². The van der Waals surface area contributed by atoms with Crippen LogP contribution in [0.2, 0.25) is 0 Å². The maximum Gasteiger partial charge on any atom is 0.262 e. The van der Waals surface area contributed by atoms with Crippen LogP contribution >= 0.6 is 11.3 Å². The summed E-state index contributed by atoms with van der Waals surface area (Å²) >= 11 is 1.63. The Labute approximate surface area is 189 Å². The van der Waals surface area contributed by atoms with E-state index in [9.17, 15) is 9.59 Å². The van der Waals surface area contributed by atoms with Crippen LogP contribution in [0.4, 0.5) is 0 Å². The molecule has 32 heavy (non-hydrogen) atoms. The molecule has 0 fully saturated rings. The minimum Gasteiger partial charge on any atom is -0.493 e. The predicted octanol–water partition coefficient (Wildman–Crippen LogP) is 4.36. The molecule has 0 saturated carbocycles. The molecule has 1 aliphatic carbocycles. The Hall–Kier alpha value is -3.13. The van der Waals surface area contributed by atoms with Crippen molar-refractivity contribution in [2.45, 2.75) is 51.6 Å². The van der Waals surface area contributed by atoms with E-state index in [-0.39, 0.29) is 23.9 Å².